The number of nitrogens with one attached hydrogen (secondary N) is 1. The maximum Gasteiger partial charge on any atom is 0.321 e. The third-order valence-electron chi connectivity index (χ3n) is 5.20. The summed E-state index contributed by atoms with van der Waals surface area (Å²) in [4.78, 5) is 39.3. The van der Waals surface area contributed by atoms with Crippen molar-refractivity contribution < 1.29 is 24.2 Å². The Kier molecular flexibility index (Phi) is 6.38. The van der Waals surface area contributed by atoms with E-state index in [-0.39, 0.29) is 31.0 Å². The number of likely N-dealkylation sites (tertiary alicyclic amines) is 2. The van der Waals surface area contributed by atoms with E-state index in [2.05, 4.69) is 5.32 Å². The molecule has 1 aromatic carbocycles. The third-order valence-corrected chi connectivity index (χ3v) is 5.20. The van der Waals surface area contributed by atoms with E-state index in [0.717, 1.165) is 25.9 Å². The SMILES string of the molecule is CC1CC(C(=O)O)CN(C(=O)Nc2cccc(OCC(=O)N3CCCC3)c2)C1. The number of anilines is 1. The number of carboxylic acid groups (broad SMARTS) is 1. The molecule has 0 aromatic heterocycles. The van der Waals surface area contributed by atoms with Crippen molar-refractivity contribution in [3.05, 3.63) is 24.3 Å². The van der Waals surface area contributed by atoms with Crippen molar-refractivity contribution in [1.29, 1.82) is 0 Å². The number of amides is 3. The smallest absolute Gasteiger partial charge is 0.321 e. The highest BCUT2D eigenvalue weighted by Gasteiger charge is 2.32. The van der Waals surface area contributed by atoms with Gasteiger partial charge in [-0.1, -0.05) is 13.0 Å². The zero-order chi connectivity index (χ0) is 20.1. The minimum Gasteiger partial charge on any atom is -0.484 e. The number of rotatable bonds is 5. The molecular weight excluding hydrogens is 362 g/mol. The van der Waals surface area contributed by atoms with Gasteiger partial charge in [-0.3, -0.25) is 9.59 Å². The average Bonchev–Trinajstić information content (AvgIpc) is 3.21. The number of carboxylic acids is 1. The van der Waals surface area contributed by atoms with Crippen molar-refractivity contribution in [2.24, 2.45) is 11.8 Å². The Bertz CT molecular complexity index is 732. The van der Waals surface area contributed by atoms with E-state index in [1.165, 1.54) is 4.90 Å². The largest absolute Gasteiger partial charge is 0.484 e. The van der Waals surface area contributed by atoms with E-state index < -0.39 is 11.9 Å². The molecule has 2 saturated heterocycles. The van der Waals surface area contributed by atoms with E-state index in [4.69, 9.17) is 4.74 Å². The average molecular weight is 389 g/mol. The second-order valence-corrected chi connectivity index (χ2v) is 7.62. The number of benzene rings is 1. The number of ether oxygens (including phenoxy) is 1. The van der Waals surface area contributed by atoms with Gasteiger partial charge in [-0.15, -0.1) is 0 Å². The van der Waals surface area contributed by atoms with Gasteiger partial charge < -0.3 is 25.0 Å². The molecule has 2 atom stereocenters. The van der Waals surface area contributed by atoms with Crippen LogP contribution >= 0.6 is 0 Å². The highest BCUT2D eigenvalue weighted by atomic mass is 16.5. The first kappa shape index (κ1) is 20.0. The first-order chi connectivity index (χ1) is 13.4. The van der Waals surface area contributed by atoms with Gasteiger partial charge in [0, 0.05) is 37.9 Å². The number of carbonyl (C=O) groups excluding carboxylic acids is 2. The molecule has 152 valence electrons. The van der Waals surface area contributed by atoms with Crippen LogP contribution in [0.4, 0.5) is 10.5 Å². The summed E-state index contributed by atoms with van der Waals surface area (Å²) in [6.45, 7) is 4.21. The molecule has 2 aliphatic rings. The predicted octanol–water partition coefficient (Wildman–Crippen LogP) is 2.26. The van der Waals surface area contributed by atoms with Crippen molar-refractivity contribution in [2.75, 3.05) is 38.1 Å². The molecule has 2 unspecified atom stereocenters. The van der Waals surface area contributed by atoms with Crippen LogP contribution in [0.5, 0.6) is 5.75 Å². The second kappa shape index (κ2) is 8.95. The molecule has 8 heteroatoms. The molecular formula is C20H27N3O5. The molecule has 0 spiro atoms. The highest BCUT2D eigenvalue weighted by Crippen LogP contribution is 2.23. The fourth-order valence-electron chi connectivity index (χ4n) is 3.77. The monoisotopic (exact) mass is 389 g/mol. The summed E-state index contributed by atoms with van der Waals surface area (Å²) in [7, 11) is 0. The minimum atomic E-state index is -0.873. The maximum absolute atomic E-state index is 12.6. The number of piperidine rings is 1. The van der Waals surface area contributed by atoms with E-state index in [9.17, 15) is 19.5 Å². The van der Waals surface area contributed by atoms with E-state index >= 15 is 0 Å². The lowest BCUT2D eigenvalue weighted by molar-refractivity contribution is -0.143. The van der Waals surface area contributed by atoms with Crippen LogP contribution in [0.2, 0.25) is 0 Å². The first-order valence-corrected chi connectivity index (χ1v) is 9.71. The lowest BCUT2D eigenvalue weighted by Gasteiger charge is -2.34. The van der Waals surface area contributed by atoms with Gasteiger partial charge >= 0.3 is 12.0 Å². The van der Waals surface area contributed by atoms with Gasteiger partial charge in [-0.25, -0.2) is 4.79 Å². The summed E-state index contributed by atoms with van der Waals surface area (Å²) < 4.78 is 5.58. The van der Waals surface area contributed by atoms with Crippen molar-refractivity contribution in [2.45, 2.75) is 26.2 Å². The number of hydrogen-bond donors (Lipinski definition) is 2. The second-order valence-electron chi connectivity index (χ2n) is 7.62. The molecule has 28 heavy (non-hydrogen) atoms. The quantitative estimate of drug-likeness (QED) is 0.805. The molecule has 3 rings (SSSR count). The van der Waals surface area contributed by atoms with Crippen LogP contribution in [0.15, 0.2) is 24.3 Å². The molecule has 0 radical (unpaired) electrons. The first-order valence-electron chi connectivity index (χ1n) is 9.71. The van der Waals surface area contributed by atoms with Crippen LogP contribution in [0.3, 0.4) is 0 Å². The fraction of sp³-hybridized carbons (Fsp3) is 0.550. The van der Waals surface area contributed by atoms with Crippen LogP contribution < -0.4 is 10.1 Å². The zero-order valence-corrected chi connectivity index (χ0v) is 16.1. The van der Waals surface area contributed by atoms with Crippen LogP contribution in [0.1, 0.15) is 26.2 Å². The van der Waals surface area contributed by atoms with Crippen molar-refractivity contribution in [3.8, 4) is 5.75 Å². The lowest BCUT2D eigenvalue weighted by Crippen LogP contribution is -2.47. The Labute approximate surface area is 164 Å². The van der Waals surface area contributed by atoms with Crippen LogP contribution in [-0.2, 0) is 9.59 Å². The Balaban J connectivity index is 1.55. The van der Waals surface area contributed by atoms with E-state index in [0.29, 0.717) is 24.4 Å². The number of carbonyl (C=O) groups is 3. The van der Waals surface area contributed by atoms with Crippen molar-refractivity contribution in [3.63, 3.8) is 0 Å². The van der Waals surface area contributed by atoms with Crippen LogP contribution in [0, 0.1) is 11.8 Å². The lowest BCUT2D eigenvalue weighted by atomic mass is 9.91. The summed E-state index contributed by atoms with van der Waals surface area (Å²) in [5.74, 6) is -0.815. The number of urea groups is 1. The van der Waals surface area contributed by atoms with Gasteiger partial charge in [0.15, 0.2) is 6.61 Å². The van der Waals surface area contributed by atoms with Crippen LogP contribution in [-0.4, -0.2) is 65.6 Å². The molecule has 0 saturated carbocycles. The van der Waals surface area contributed by atoms with E-state index in [1.807, 2.05) is 6.92 Å². The van der Waals surface area contributed by atoms with Gasteiger partial charge in [0.25, 0.3) is 5.91 Å². The van der Waals surface area contributed by atoms with Gasteiger partial charge in [-0.05, 0) is 37.3 Å². The summed E-state index contributed by atoms with van der Waals surface area (Å²) in [5, 5.41) is 12.1. The predicted molar refractivity (Wildman–Crippen MR) is 103 cm³/mol. The molecule has 3 amide bonds. The number of hydrogen-bond acceptors (Lipinski definition) is 4. The molecule has 8 nitrogen and oxygen atoms in total. The summed E-state index contributed by atoms with van der Waals surface area (Å²) >= 11 is 0. The molecule has 1 aromatic rings. The zero-order valence-electron chi connectivity index (χ0n) is 16.1. The minimum absolute atomic E-state index is 0.0265. The summed E-state index contributed by atoms with van der Waals surface area (Å²) in [6, 6.07) is 6.54. The van der Waals surface area contributed by atoms with Gasteiger partial charge in [-0.2, -0.15) is 0 Å². The van der Waals surface area contributed by atoms with Gasteiger partial charge in [0.2, 0.25) is 0 Å². The van der Waals surface area contributed by atoms with Gasteiger partial charge in [0.1, 0.15) is 5.75 Å². The molecule has 0 bridgehead atoms. The van der Waals surface area contributed by atoms with Crippen molar-refractivity contribution >= 4 is 23.6 Å². The number of aliphatic carboxylic acids is 1. The van der Waals surface area contributed by atoms with Crippen LogP contribution in [0.25, 0.3) is 0 Å². The third kappa shape index (κ3) is 5.15. The Morgan fingerprint density at radius 3 is 2.64 bits per heavy atom. The molecule has 2 N–H and O–H groups in total. The standard InChI is InChI=1S/C20H27N3O5/c1-14-9-15(19(25)26)12-23(11-14)20(27)21-16-5-4-6-17(10-16)28-13-18(24)22-7-2-3-8-22/h4-6,10,14-15H,2-3,7-9,11-13H2,1H3,(H,21,27)(H,25,26). The molecule has 2 aliphatic heterocycles. The number of nitrogens with zero attached hydrogens (tertiary/aromatic N) is 2. The van der Waals surface area contributed by atoms with Gasteiger partial charge in [0.05, 0.1) is 5.92 Å². The highest BCUT2D eigenvalue weighted by molar-refractivity contribution is 5.90. The fourth-order valence-corrected chi connectivity index (χ4v) is 3.77. The summed E-state index contributed by atoms with van der Waals surface area (Å²) in [5.41, 5.74) is 0.543. The van der Waals surface area contributed by atoms with Crippen molar-refractivity contribution in [1.82, 2.24) is 9.80 Å². The molecule has 2 fully saturated rings. The summed E-state index contributed by atoms with van der Waals surface area (Å²) in [6.07, 6.45) is 2.64. The topological polar surface area (TPSA) is 99.2 Å². The normalized spacial score (nSPS) is 22.0. The van der Waals surface area contributed by atoms with E-state index in [1.54, 1.807) is 29.2 Å². The molecule has 2 heterocycles. The maximum atomic E-state index is 12.6. The Hall–Kier alpha value is -2.77. The molecule has 0 aliphatic carbocycles. The Morgan fingerprint density at radius 2 is 1.93 bits per heavy atom. The Morgan fingerprint density at radius 1 is 1.18 bits per heavy atom.